The van der Waals surface area contributed by atoms with E-state index in [1.807, 2.05) is 24.3 Å². The molecule has 0 radical (unpaired) electrons. The van der Waals surface area contributed by atoms with Gasteiger partial charge in [0.2, 0.25) is 10.0 Å². The van der Waals surface area contributed by atoms with Gasteiger partial charge >= 0.3 is 0 Å². The molecule has 2 atom stereocenters. The lowest BCUT2D eigenvalue weighted by molar-refractivity contribution is 0.0986. The summed E-state index contributed by atoms with van der Waals surface area (Å²) in [5.41, 5.74) is 1.26. The first-order valence-electron chi connectivity index (χ1n) is 10.0. The maximum absolute atomic E-state index is 13.2. The van der Waals surface area contributed by atoms with Gasteiger partial charge in [-0.2, -0.15) is 0 Å². The van der Waals surface area contributed by atoms with Crippen LogP contribution >= 0.6 is 11.8 Å². The lowest BCUT2D eigenvalue weighted by Crippen LogP contribution is -2.35. The van der Waals surface area contributed by atoms with Crippen molar-refractivity contribution < 1.29 is 21.6 Å². The van der Waals surface area contributed by atoms with Gasteiger partial charge in [-0.15, -0.1) is 11.8 Å². The first kappa shape index (κ1) is 22.3. The molecule has 1 N–H and O–H groups in total. The van der Waals surface area contributed by atoms with Gasteiger partial charge in [-0.3, -0.25) is 4.79 Å². The molecular weight excluding hydrogens is 456 g/mol. The van der Waals surface area contributed by atoms with Gasteiger partial charge < -0.3 is 4.90 Å². The van der Waals surface area contributed by atoms with Crippen molar-refractivity contribution in [3.8, 4) is 0 Å². The summed E-state index contributed by atoms with van der Waals surface area (Å²) in [6.45, 7) is 2.72. The van der Waals surface area contributed by atoms with Crippen LogP contribution in [0.1, 0.15) is 30.1 Å². The molecule has 2 heterocycles. The van der Waals surface area contributed by atoms with Gasteiger partial charge in [0.15, 0.2) is 9.84 Å². The summed E-state index contributed by atoms with van der Waals surface area (Å²) in [5, 5.41) is 0.386. The summed E-state index contributed by atoms with van der Waals surface area (Å²) in [7, 11) is -7.06. The molecule has 2 aliphatic rings. The second-order valence-electron chi connectivity index (χ2n) is 7.89. The molecule has 0 bridgehead atoms. The van der Waals surface area contributed by atoms with Gasteiger partial charge in [-0.05, 0) is 49.2 Å². The van der Waals surface area contributed by atoms with Crippen LogP contribution in [0.3, 0.4) is 0 Å². The average Bonchev–Trinajstić information content (AvgIpc) is 2.96. The van der Waals surface area contributed by atoms with Crippen molar-refractivity contribution in [3.63, 3.8) is 0 Å². The summed E-state index contributed by atoms with van der Waals surface area (Å²) in [6, 6.07) is 13.0. The first-order valence-corrected chi connectivity index (χ1v) is 14.2. The zero-order valence-corrected chi connectivity index (χ0v) is 19.5. The number of thioether (sulfide) groups is 1. The third kappa shape index (κ3) is 4.97. The summed E-state index contributed by atoms with van der Waals surface area (Å²) in [4.78, 5) is 16.0. The molecule has 7 nitrogen and oxygen atoms in total. The van der Waals surface area contributed by atoms with Crippen molar-refractivity contribution in [2.24, 2.45) is 0 Å². The molecule has 31 heavy (non-hydrogen) atoms. The predicted octanol–water partition coefficient (Wildman–Crippen LogP) is 2.68. The number of fused-ring (bicyclic) bond motifs is 1. The Bertz CT molecular complexity index is 1190. The zero-order valence-electron chi connectivity index (χ0n) is 17.0. The van der Waals surface area contributed by atoms with Crippen LogP contribution in [0.2, 0.25) is 0 Å². The molecule has 0 saturated carbocycles. The highest BCUT2D eigenvalue weighted by Crippen LogP contribution is 2.37. The minimum absolute atomic E-state index is 0.00814. The molecule has 4 rings (SSSR count). The standard InChI is InChI=1S/C21H24N2O5S3/c1-15-10-12-23(19-4-2-3-5-20(19)29-15)21(24)16-6-8-18(9-7-16)31(27,28)22-17-11-13-30(25,26)14-17/h2-9,15,17,22H,10-14H2,1H3/t15-,17+/m1/s1. The topological polar surface area (TPSA) is 101 Å². The summed E-state index contributed by atoms with van der Waals surface area (Å²) < 4.78 is 50.9. The fourth-order valence-electron chi connectivity index (χ4n) is 3.81. The highest BCUT2D eigenvalue weighted by molar-refractivity contribution is 8.00. The van der Waals surface area contributed by atoms with Crippen molar-refractivity contribution in [1.82, 2.24) is 4.72 Å². The van der Waals surface area contributed by atoms with E-state index in [9.17, 15) is 21.6 Å². The lowest BCUT2D eigenvalue weighted by Gasteiger charge is -2.22. The number of anilines is 1. The fourth-order valence-corrected chi connectivity index (χ4v) is 7.97. The van der Waals surface area contributed by atoms with Crippen LogP contribution in [-0.4, -0.2) is 52.1 Å². The maximum atomic E-state index is 13.2. The van der Waals surface area contributed by atoms with E-state index >= 15 is 0 Å². The van der Waals surface area contributed by atoms with E-state index in [0.717, 1.165) is 17.0 Å². The van der Waals surface area contributed by atoms with Gasteiger partial charge in [-0.1, -0.05) is 19.1 Å². The van der Waals surface area contributed by atoms with E-state index in [-0.39, 0.29) is 28.7 Å². The molecule has 2 aromatic carbocycles. The van der Waals surface area contributed by atoms with Gasteiger partial charge in [-0.25, -0.2) is 21.6 Å². The van der Waals surface area contributed by atoms with E-state index in [4.69, 9.17) is 0 Å². The number of sulfone groups is 1. The number of hydrogen-bond donors (Lipinski definition) is 1. The van der Waals surface area contributed by atoms with E-state index in [1.54, 1.807) is 16.7 Å². The molecule has 0 spiro atoms. The number of carbonyl (C=O) groups is 1. The second kappa shape index (κ2) is 8.57. The smallest absolute Gasteiger partial charge is 0.258 e. The Kier molecular flexibility index (Phi) is 6.17. The van der Waals surface area contributed by atoms with Crippen molar-refractivity contribution in [2.45, 2.75) is 40.8 Å². The van der Waals surface area contributed by atoms with Crippen LogP contribution in [0.15, 0.2) is 58.3 Å². The number of amides is 1. The highest BCUT2D eigenvalue weighted by atomic mass is 32.2. The normalized spacial score (nSPS) is 23.2. The minimum atomic E-state index is -3.87. The molecule has 10 heteroatoms. The Balaban J connectivity index is 1.54. The molecule has 0 unspecified atom stereocenters. The van der Waals surface area contributed by atoms with Crippen molar-refractivity contribution in [2.75, 3.05) is 23.0 Å². The summed E-state index contributed by atoms with van der Waals surface area (Å²) >= 11 is 1.75. The third-order valence-electron chi connectivity index (χ3n) is 5.45. The average molecular weight is 481 g/mol. The van der Waals surface area contributed by atoms with Crippen LogP contribution in [0.25, 0.3) is 0 Å². The monoisotopic (exact) mass is 480 g/mol. The maximum Gasteiger partial charge on any atom is 0.258 e. The largest absolute Gasteiger partial charge is 0.307 e. The molecule has 0 aliphatic carbocycles. The zero-order chi connectivity index (χ0) is 22.2. The third-order valence-corrected chi connectivity index (χ3v) is 10.00. The van der Waals surface area contributed by atoms with E-state index < -0.39 is 25.9 Å². The summed E-state index contributed by atoms with van der Waals surface area (Å²) in [5.74, 6) is -0.379. The Morgan fingerprint density at radius 1 is 1.10 bits per heavy atom. The second-order valence-corrected chi connectivity index (χ2v) is 13.3. The van der Waals surface area contributed by atoms with Crippen molar-refractivity contribution in [3.05, 3.63) is 54.1 Å². The van der Waals surface area contributed by atoms with Gasteiger partial charge in [0, 0.05) is 28.3 Å². The molecule has 2 aliphatic heterocycles. The number of benzene rings is 2. The van der Waals surface area contributed by atoms with E-state index in [1.165, 1.54) is 24.3 Å². The number of nitrogens with zero attached hydrogens (tertiary/aromatic N) is 1. The van der Waals surface area contributed by atoms with Gasteiger partial charge in [0.25, 0.3) is 5.91 Å². The van der Waals surface area contributed by atoms with Crippen molar-refractivity contribution in [1.29, 1.82) is 0 Å². The molecule has 2 aromatic rings. The number of para-hydroxylation sites is 1. The van der Waals surface area contributed by atoms with Crippen LogP contribution in [-0.2, 0) is 19.9 Å². The molecule has 0 aromatic heterocycles. The summed E-state index contributed by atoms with van der Waals surface area (Å²) in [6.07, 6.45) is 1.12. The fraction of sp³-hybridized carbons (Fsp3) is 0.381. The quantitative estimate of drug-likeness (QED) is 0.722. The Labute approximate surface area is 187 Å². The number of hydrogen-bond acceptors (Lipinski definition) is 6. The number of sulfonamides is 1. The van der Waals surface area contributed by atoms with Crippen molar-refractivity contribution >= 4 is 43.2 Å². The van der Waals surface area contributed by atoms with Crippen LogP contribution in [0.5, 0.6) is 0 Å². The van der Waals surface area contributed by atoms with Crippen LogP contribution in [0.4, 0.5) is 5.69 Å². The molecule has 1 fully saturated rings. The molecular formula is C21H24N2O5S3. The van der Waals surface area contributed by atoms with Crippen LogP contribution < -0.4 is 9.62 Å². The predicted molar refractivity (Wildman–Crippen MR) is 122 cm³/mol. The first-order chi connectivity index (χ1) is 14.6. The molecule has 1 saturated heterocycles. The number of nitrogens with one attached hydrogen (secondary N) is 1. The molecule has 166 valence electrons. The Hall–Kier alpha value is -1.88. The lowest BCUT2D eigenvalue weighted by atomic mass is 10.1. The van der Waals surface area contributed by atoms with E-state index in [2.05, 4.69) is 11.6 Å². The number of rotatable bonds is 4. The van der Waals surface area contributed by atoms with Gasteiger partial charge in [0.05, 0.1) is 22.1 Å². The minimum Gasteiger partial charge on any atom is -0.307 e. The Morgan fingerprint density at radius 2 is 1.81 bits per heavy atom. The SMILES string of the molecule is C[C@@H]1CCN(C(=O)c2ccc(S(=O)(=O)N[C@H]3CCS(=O)(=O)C3)cc2)c2ccccc2S1. The van der Waals surface area contributed by atoms with Crippen LogP contribution in [0, 0.1) is 0 Å². The number of carbonyl (C=O) groups excluding carboxylic acids is 1. The molecule has 1 amide bonds. The van der Waals surface area contributed by atoms with Gasteiger partial charge in [0.1, 0.15) is 0 Å². The Morgan fingerprint density at radius 3 is 2.48 bits per heavy atom. The van der Waals surface area contributed by atoms with E-state index in [0.29, 0.717) is 17.4 Å². The highest BCUT2D eigenvalue weighted by Gasteiger charge is 2.31.